The lowest BCUT2D eigenvalue weighted by atomic mass is 10.0. The highest BCUT2D eigenvalue weighted by atomic mass is 35.5. The van der Waals surface area contributed by atoms with Crippen LogP contribution in [0.25, 0.3) is 10.9 Å². The number of fused-ring (bicyclic) bond motifs is 2. The molecule has 1 aliphatic heterocycles. The fraction of sp³-hybridized carbons (Fsp3) is 0.158. The van der Waals surface area contributed by atoms with Crippen LogP contribution in [0.4, 0.5) is 11.4 Å². The molecule has 4 nitrogen and oxygen atoms in total. The Bertz CT molecular complexity index is 941. The molecule has 1 N–H and O–H groups in total. The highest BCUT2D eigenvalue weighted by molar-refractivity contribution is 6.32. The van der Waals surface area contributed by atoms with E-state index in [2.05, 4.69) is 15.2 Å². The SMILES string of the molecule is CC1C(=O)Nc2ccccc2N1Cc1c(Cl)ccc2cccnc12. The molecule has 1 unspecified atom stereocenters. The zero-order valence-electron chi connectivity index (χ0n) is 13.2. The van der Waals surface area contributed by atoms with Gasteiger partial charge in [-0.25, -0.2) is 0 Å². The third-order valence-electron chi connectivity index (χ3n) is 4.47. The highest BCUT2D eigenvalue weighted by Gasteiger charge is 2.30. The third kappa shape index (κ3) is 2.39. The maximum absolute atomic E-state index is 12.3. The van der Waals surface area contributed by atoms with Crippen molar-refractivity contribution in [3.63, 3.8) is 0 Å². The zero-order chi connectivity index (χ0) is 16.7. The van der Waals surface area contributed by atoms with Crippen molar-refractivity contribution in [2.24, 2.45) is 0 Å². The van der Waals surface area contributed by atoms with Crippen LogP contribution < -0.4 is 10.2 Å². The van der Waals surface area contributed by atoms with Crippen molar-refractivity contribution in [1.82, 2.24) is 4.98 Å². The van der Waals surface area contributed by atoms with Gasteiger partial charge >= 0.3 is 0 Å². The van der Waals surface area contributed by atoms with Crippen molar-refractivity contribution in [1.29, 1.82) is 0 Å². The first-order valence-electron chi connectivity index (χ1n) is 7.84. The van der Waals surface area contributed by atoms with Crippen LogP contribution in [-0.4, -0.2) is 16.9 Å². The maximum Gasteiger partial charge on any atom is 0.246 e. The lowest BCUT2D eigenvalue weighted by Crippen LogP contribution is -2.45. The summed E-state index contributed by atoms with van der Waals surface area (Å²) >= 11 is 6.47. The second-order valence-electron chi connectivity index (χ2n) is 5.91. The quantitative estimate of drug-likeness (QED) is 0.761. The summed E-state index contributed by atoms with van der Waals surface area (Å²) in [7, 11) is 0. The van der Waals surface area contributed by atoms with Crippen molar-refractivity contribution in [2.75, 3.05) is 10.2 Å². The van der Waals surface area contributed by atoms with Gasteiger partial charge in [0, 0.05) is 28.7 Å². The molecule has 0 saturated heterocycles. The Labute approximate surface area is 145 Å². The first-order valence-corrected chi connectivity index (χ1v) is 8.21. The number of para-hydroxylation sites is 2. The first-order chi connectivity index (χ1) is 11.6. The number of aromatic nitrogens is 1. The average Bonchev–Trinajstić information content (AvgIpc) is 2.60. The molecule has 1 aromatic heterocycles. The molecule has 24 heavy (non-hydrogen) atoms. The van der Waals surface area contributed by atoms with Gasteiger partial charge in [0.1, 0.15) is 6.04 Å². The van der Waals surface area contributed by atoms with Crippen molar-refractivity contribution >= 4 is 39.8 Å². The molecule has 2 heterocycles. The number of benzene rings is 2. The Hall–Kier alpha value is -2.59. The molecule has 0 aliphatic carbocycles. The normalized spacial score (nSPS) is 16.8. The molecular weight excluding hydrogens is 322 g/mol. The molecule has 0 fully saturated rings. The number of anilines is 2. The van der Waals surface area contributed by atoms with Crippen LogP contribution in [0.1, 0.15) is 12.5 Å². The van der Waals surface area contributed by atoms with Crippen molar-refractivity contribution in [2.45, 2.75) is 19.5 Å². The molecule has 1 amide bonds. The van der Waals surface area contributed by atoms with E-state index < -0.39 is 0 Å². The zero-order valence-corrected chi connectivity index (χ0v) is 13.9. The van der Waals surface area contributed by atoms with E-state index in [-0.39, 0.29) is 11.9 Å². The van der Waals surface area contributed by atoms with E-state index >= 15 is 0 Å². The number of pyridine rings is 1. The van der Waals surface area contributed by atoms with Gasteiger partial charge < -0.3 is 10.2 Å². The first kappa shape index (κ1) is 15.0. The van der Waals surface area contributed by atoms with E-state index in [1.807, 2.05) is 55.5 Å². The van der Waals surface area contributed by atoms with Gasteiger partial charge in [0.25, 0.3) is 0 Å². The summed E-state index contributed by atoms with van der Waals surface area (Å²) in [6.45, 7) is 2.43. The van der Waals surface area contributed by atoms with Gasteiger partial charge in [-0.3, -0.25) is 9.78 Å². The fourth-order valence-electron chi connectivity index (χ4n) is 3.14. The Kier molecular flexibility index (Phi) is 3.62. The standard InChI is InChI=1S/C19H16ClN3O/c1-12-19(24)22-16-6-2-3-7-17(16)23(12)11-14-15(20)9-8-13-5-4-10-21-18(13)14/h2-10,12H,11H2,1H3,(H,22,24). The fourth-order valence-corrected chi connectivity index (χ4v) is 3.35. The summed E-state index contributed by atoms with van der Waals surface area (Å²) in [5, 5.41) is 4.65. The number of nitrogens with one attached hydrogen (secondary N) is 1. The number of amides is 1. The monoisotopic (exact) mass is 337 g/mol. The van der Waals surface area contributed by atoms with Gasteiger partial charge in [-0.15, -0.1) is 0 Å². The van der Waals surface area contributed by atoms with Gasteiger partial charge in [0.05, 0.1) is 16.9 Å². The van der Waals surface area contributed by atoms with E-state index in [0.29, 0.717) is 11.6 Å². The van der Waals surface area contributed by atoms with Gasteiger partial charge in [-0.05, 0) is 31.2 Å². The number of hydrogen-bond acceptors (Lipinski definition) is 3. The number of carbonyl (C=O) groups is 1. The van der Waals surface area contributed by atoms with E-state index in [1.54, 1.807) is 6.20 Å². The summed E-state index contributed by atoms with van der Waals surface area (Å²) in [4.78, 5) is 18.9. The number of rotatable bonds is 2. The molecule has 120 valence electrons. The van der Waals surface area contributed by atoms with Gasteiger partial charge in [0.2, 0.25) is 5.91 Å². The van der Waals surface area contributed by atoms with Crippen LogP contribution in [0.15, 0.2) is 54.7 Å². The molecule has 0 saturated carbocycles. The van der Waals surface area contributed by atoms with Crippen LogP contribution in [0.3, 0.4) is 0 Å². The van der Waals surface area contributed by atoms with Crippen LogP contribution >= 0.6 is 11.6 Å². The van der Waals surface area contributed by atoms with Crippen LogP contribution in [0.5, 0.6) is 0 Å². The van der Waals surface area contributed by atoms with Crippen molar-refractivity contribution in [3.05, 3.63) is 65.3 Å². The second kappa shape index (κ2) is 5.80. The summed E-state index contributed by atoms with van der Waals surface area (Å²) in [6.07, 6.45) is 1.77. The number of carbonyl (C=O) groups excluding carboxylic acids is 1. The molecular formula is C19H16ClN3O. The molecule has 0 radical (unpaired) electrons. The number of halogens is 1. The molecule has 1 atom stereocenters. The van der Waals surface area contributed by atoms with E-state index in [4.69, 9.17) is 11.6 Å². The molecule has 3 aromatic rings. The number of nitrogens with zero attached hydrogens (tertiary/aromatic N) is 2. The van der Waals surface area contributed by atoms with E-state index in [0.717, 1.165) is 27.8 Å². The van der Waals surface area contributed by atoms with Gasteiger partial charge in [-0.1, -0.05) is 35.9 Å². The summed E-state index contributed by atoms with van der Waals surface area (Å²) < 4.78 is 0. The van der Waals surface area contributed by atoms with Crippen LogP contribution in [0, 0.1) is 0 Å². The molecule has 2 aromatic carbocycles. The van der Waals surface area contributed by atoms with Crippen molar-refractivity contribution < 1.29 is 4.79 Å². The highest BCUT2D eigenvalue weighted by Crippen LogP contribution is 2.35. The van der Waals surface area contributed by atoms with Crippen LogP contribution in [-0.2, 0) is 11.3 Å². The minimum Gasteiger partial charge on any atom is -0.354 e. The molecule has 0 spiro atoms. The predicted octanol–water partition coefficient (Wildman–Crippen LogP) is 4.24. The minimum atomic E-state index is -0.282. The maximum atomic E-state index is 12.3. The third-order valence-corrected chi connectivity index (χ3v) is 4.82. The molecule has 4 rings (SSSR count). The Balaban J connectivity index is 1.83. The average molecular weight is 338 g/mol. The Morgan fingerprint density at radius 2 is 2.00 bits per heavy atom. The van der Waals surface area contributed by atoms with Gasteiger partial charge in [-0.2, -0.15) is 0 Å². The summed E-state index contributed by atoms with van der Waals surface area (Å²) in [5.74, 6) is -0.0157. The van der Waals surface area contributed by atoms with E-state index in [1.165, 1.54) is 0 Å². The Morgan fingerprint density at radius 1 is 1.17 bits per heavy atom. The van der Waals surface area contributed by atoms with Crippen molar-refractivity contribution in [3.8, 4) is 0 Å². The molecule has 0 bridgehead atoms. The van der Waals surface area contributed by atoms with E-state index in [9.17, 15) is 4.79 Å². The minimum absolute atomic E-state index is 0.0157. The smallest absolute Gasteiger partial charge is 0.246 e. The molecule has 1 aliphatic rings. The largest absolute Gasteiger partial charge is 0.354 e. The van der Waals surface area contributed by atoms with Gasteiger partial charge in [0.15, 0.2) is 0 Å². The second-order valence-corrected chi connectivity index (χ2v) is 6.32. The summed E-state index contributed by atoms with van der Waals surface area (Å²) in [6, 6.07) is 15.3. The molecule has 5 heteroatoms. The topological polar surface area (TPSA) is 45.2 Å². The Morgan fingerprint density at radius 3 is 2.88 bits per heavy atom. The summed E-state index contributed by atoms with van der Waals surface area (Å²) in [5.41, 5.74) is 3.63. The predicted molar refractivity (Wildman–Crippen MR) is 97.5 cm³/mol. The number of hydrogen-bond donors (Lipinski definition) is 1. The van der Waals surface area contributed by atoms with Crippen LogP contribution in [0.2, 0.25) is 5.02 Å². The lowest BCUT2D eigenvalue weighted by molar-refractivity contribution is -0.117. The lowest BCUT2D eigenvalue weighted by Gasteiger charge is -2.36.